The summed E-state index contributed by atoms with van der Waals surface area (Å²) in [7, 11) is 0. The largest absolute Gasteiger partial charge is 0.493 e. The van der Waals surface area contributed by atoms with Crippen molar-refractivity contribution in [1.29, 1.82) is 0 Å². The number of aromatic nitrogens is 4. The molecule has 0 aliphatic heterocycles. The second kappa shape index (κ2) is 9.26. The predicted octanol–water partition coefficient (Wildman–Crippen LogP) is 2.56. The van der Waals surface area contributed by atoms with Crippen LogP contribution in [0.4, 0.5) is 11.4 Å². The number of hydrogen-bond donors (Lipinski definition) is 4. The Morgan fingerprint density at radius 1 is 1.00 bits per heavy atom. The molecule has 10 heteroatoms. The maximum atomic E-state index is 12.6. The third-order valence-electron chi connectivity index (χ3n) is 5.78. The molecule has 0 spiro atoms. The van der Waals surface area contributed by atoms with E-state index in [9.17, 15) is 19.5 Å². The average Bonchev–Trinajstić information content (AvgIpc) is 3.18. The van der Waals surface area contributed by atoms with Crippen LogP contribution < -0.4 is 21.8 Å². The summed E-state index contributed by atoms with van der Waals surface area (Å²) in [6, 6.07) is 10.7. The number of anilines is 1. The number of fused-ring (bicyclic) bond motifs is 1. The number of H-pyrrole nitrogens is 3. The third kappa shape index (κ3) is 4.05. The van der Waals surface area contributed by atoms with Gasteiger partial charge < -0.3 is 20.0 Å². The third-order valence-corrected chi connectivity index (χ3v) is 5.78. The van der Waals surface area contributed by atoms with Crippen molar-refractivity contribution in [3.05, 3.63) is 78.8 Å². The Labute approximate surface area is 194 Å². The lowest BCUT2D eigenvalue weighted by atomic mass is 10.1. The number of nitrogens with zero attached hydrogens (tertiary/aromatic N) is 3. The molecule has 0 aliphatic rings. The van der Waals surface area contributed by atoms with Gasteiger partial charge in [0.2, 0.25) is 5.88 Å². The highest BCUT2D eigenvalue weighted by Crippen LogP contribution is 2.32. The number of nitrogens with one attached hydrogen (secondary N) is 3. The van der Waals surface area contributed by atoms with Gasteiger partial charge in [0.15, 0.2) is 0 Å². The summed E-state index contributed by atoms with van der Waals surface area (Å²) in [6.07, 6.45) is 1.87. The lowest BCUT2D eigenvalue weighted by Gasteiger charge is -2.22. The van der Waals surface area contributed by atoms with E-state index in [1.165, 1.54) is 6.21 Å². The smallest absolute Gasteiger partial charge is 0.335 e. The molecule has 0 aliphatic carbocycles. The highest BCUT2D eigenvalue weighted by Gasteiger charge is 2.17. The summed E-state index contributed by atoms with van der Waals surface area (Å²) >= 11 is 0. The molecule has 4 rings (SSSR count). The standard InChI is InChI=1S/C24H26N6O4/c1-4-14-9-7-8-10-19(14)30-22(32)15(21(31)28-24(30)34)13-25-18-11-16-17(27-23(33)26-16)12-20(18)29(5-2)6-3/h7-13,32H,4-6H2,1-3H3,(H2,26,27,33)(H,28,31,34). The molecule has 0 fully saturated rings. The van der Waals surface area contributed by atoms with Crippen LogP contribution in [0.3, 0.4) is 0 Å². The van der Waals surface area contributed by atoms with E-state index in [-0.39, 0.29) is 11.3 Å². The molecule has 0 atom stereocenters. The van der Waals surface area contributed by atoms with Crippen LogP contribution in [0.2, 0.25) is 0 Å². The van der Waals surface area contributed by atoms with Crippen molar-refractivity contribution in [3.8, 4) is 11.6 Å². The second-order valence-corrected chi connectivity index (χ2v) is 7.71. The van der Waals surface area contributed by atoms with Crippen molar-refractivity contribution in [2.75, 3.05) is 18.0 Å². The Hall–Kier alpha value is -4.34. The van der Waals surface area contributed by atoms with Gasteiger partial charge in [0.1, 0.15) is 5.56 Å². The number of aromatic amines is 3. The number of hydrogen-bond acceptors (Lipinski definition) is 6. The molecule has 0 bridgehead atoms. The molecule has 0 saturated heterocycles. The normalized spacial score (nSPS) is 11.5. The SMILES string of the molecule is CCc1ccccc1-n1c(O)c(C=Nc2cc3[nH]c(=O)[nH]c3cc2N(CC)CC)c(=O)[nH]c1=O. The van der Waals surface area contributed by atoms with Crippen LogP contribution in [0.5, 0.6) is 5.88 Å². The van der Waals surface area contributed by atoms with Gasteiger partial charge in [-0.25, -0.2) is 14.2 Å². The molecule has 176 valence electrons. The zero-order valence-corrected chi connectivity index (χ0v) is 19.2. The van der Waals surface area contributed by atoms with Gasteiger partial charge in [0, 0.05) is 19.3 Å². The fourth-order valence-corrected chi connectivity index (χ4v) is 4.02. The molecule has 2 aromatic heterocycles. The lowest BCUT2D eigenvalue weighted by Crippen LogP contribution is -2.31. The molecule has 34 heavy (non-hydrogen) atoms. The maximum Gasteiger partial charge on any atom is 0.335 e. The van der Waals surface area contributed by atoms with Crippen molar-refractivity contribution in [2.45, 2.75) is 27.2 Å². The Morgan fingerprint density at radius 3 is 2.35 bits per heavy atom. The summed E-state index contributed by atoms with van der Waals surface area (Å²) in [5.74, 6) is -0.501. The molecule has 0 radical (unpaired) electrons. The fourth-order valence-electron chi connectivity index (χ4n) is 4.02. The summed E-state index contributed by atoms with van der Waals surface area (Å²) in [5, 5.41) is 10.9. The van der Waals surface area contributed by atoms with Crippen LogP contribution >= 0.6 is 0 Å². The van der Waals surface area contributed by atoms with Gasteiger partial charge in [-0.15, -0.1) is 0 Å². The fraction of sp³-hybridized carbons (Fsp3) is 0.250. The summed E-state index contributed by atoms with van der Waals surface area (Å²) in [6.45, 7) is 7.33. The summed E-state index contributed by atoms with van der Waals surface area (Å²) in [4.78, 5) is 51.2. The first-order valence-electron chi connectivity index (χ1n) is 11.1. The van der Waals surface area contributed by atoms with Crippen LogP contribution in [0.25, 0.3) is 16.7 Å². The van der Waals surface area contributed by atoms with E-state index in [4.69, 9.17) is 0 Å². The van der Waals surface area contributed by atoms with Crippen molar-refractivity contribution >= 4 is 28.6 Å². The van der Waals surface area contributed by atoms with Crippen LogP contribution in [0.15, 0.2) is 55.8 Å². The molecule has 2 aromatic carbocycles. The number of imidazole rings is 1. The van der Waals surface area contributed by atoms with E-state index in [0.29, 0.717) is 41.9 Å². The first-order valence-corrected chi connectivity index (χ1v) is 11.1. The first kappa shape index (κ1) is 22.8. The van der Waals surface area contributed by atoms with E-state index in [1.807, 2.05) is 39.0 Å². The van der Waals surface area contributed by atoms with Crippen molar-refractivity contribution < 1.29 is 5.11 Å². The minimum atomic E-state index is -0.753. The molecule has 10 nitrogen and oxygen atoms in total. The van der Waals surface area contributed by atoms with E-state index in [1.54, 1.807) is 18.2 Å². The summed E-state index contributed by atoms with van der Waals surface area (Å²) < 4.78 is 1.07. The molecular weight excluding hydrogens is 436 g/mol. The van der Waals surface area contributed by atoms with Crippen molar-refractivity contribution in [2.24, 2.45) is 4.99 Å². The van der Waals surface area contributed by atoms with Gasteiger partial charge in [-0.2, -0.15) is 0 Å². The molecular formula is C24H26N6O4. The van der Waals surface area contributed by atoms with Gasteiger partial charge in [-0.05, 0) is 44.0 Å². The van der Waals surface area contributed by atoms with Gasteiger partial charge in [0.05, 0.1) is 28.1 Å². The number of benzene rings is 2. The molecule has 0 amide bonds. The lowest BCUT2D eigenvalue weighted by molar-refractivity contribution is 0.429. The maximum absolute atomic E-state index is 12.6. The summed E-state index contributed by atoms with van der Waals surface area (Å²) in [5.41, 5.74) is 1.78. The number of aliphatic imine (C=N–C) groups is 1. The number of para-hydroxylation sites is 1. The van der Waals surface area contributed by atoms with E-state index < -0.39 is 17.1 Å². The molecule has 4 N–H and O–H groups in total. The minimum absolute atomic E-state index is 0.154. The zero-order valence-electron chi connectivity index (χ0n) is 19.2. The highest BCUT2D eigenvalue weighted by atomic mass is 16.3. The highest BCUT2D eigenvalue weighted by molar-refractivity contribution is 5.91. The molecule has 0 unspecified atom stereocenters. The second-order valence-electron chi connectivity index (χ2n) is 7.71. The Bertz CT molecular complexity index is 1550. The number of rotatable bonds is 7. The van der Waals surface area contributed by atoms with E-state index in [0.717, 1.165) is 15.8 Å². The van der Waals surface area contributed by atoms with Gasteiger partial charge in [0.25, 0.3) is 5.56 Å². The van der Waals surface area contributed by atoms with Crippen LogP contribution in [0, 0.1) is 0 Å². The molecule has 0 saturated carbocycles. The molecule has 2 heterocycles. The van der Waals surface area contributed by atoms with Crippen LogP contribution in [-0.2, 0) is 6.42 Å². The average molecular weight is 463 g/mol. The van der Waals surface area contributed by atoms with Gasteiger partial charge >= 0.3 is 11.4 Å². The molecule has 4 aromatic rings. The van der Waals surface area contributed by atoms with Crippen LogP contribution in [-0.4, -0.2) is 43.9 Å². The zero-order chi connectivity index (χ0) is 24.4. The van der Waals surface area contributed by atoms with Crippen molar-refractivity contribution in [1.82, 2.24) is 19.5 Å². The first-order chi connectivity index (χ1) is 16.4. The van der Waals surface area contributed by atoms with E-state index >= 15 is 0 Å². The van der Waals surface area contributed by atoms with Crippen LogP contribution in [0.1, 0.15) is 31.9 Å². The monoisotopic (exact) mass is 462 g/mol. The van der Waals surface area contributed by atoms with E-state index in [2.05, 4.69) is 24.8 Å². The number of aryl methyl sites for hydroxylation is 1. The number of aromatic hydroxyl groups is 1. The Kier molecular flexibility index (Phi) is 6.22. The topological polar surface area (TPSA) is 139 Å². The predicted molar refractivity (Wildman–Crippen MR) is 133 cm³/mol. The Balaban J connectivity index is 1.89. The van der Waals surface area contributed by atoms with Gasteiger partial charge in [-0.3, -0.25) is 14.8 Å². The Morgan fingerprint density at radius 2 is 1.68 bits per heavy atom. The van der Waals surface area contributed by atoms with Gasteiger partial charge in [-0.1, -0.05) is 25.1 Å². The quantitative estimate of drug-likeness (QED) is 0.313. The minimum Gasteiger partial charge on any atom is -0.493 e. The van der Waals surface area contributed by atoms with Crippen molar-refractivity contribution in [3.63, 3.8) is 0 Å².